The molecule has 0 spiro atoms. The van der Waals surface area contributed by atoms with Crippen LogP contribution in [-0.4, -0.2) is 39.9 Å². The van der Waals surface area contributed by atoms with Crippen molar-refractivity contribution >= 4 is 5.91 Å². The highest BCUT2D eigenvalue weighted by Gasteiger charge is 2.07. The lowest BCUT2D eigenvalue weighted by Crippen LogP contribution is -3.00. The monoisotopic (exact) mass is 317 g/mol. The fraction of sp³-hybridized carbons (Fsp3) is 0.500. The Balaban J connectivity index is 0.00000400. The molecule has 1 aromatic carbocycles. The third-order valence-corrected chi connectivity index (χ3v) is 2.63. The summed E-state index contributed by atoms with van der Waals surface area (Å²) >= 11 is 0. The van der Waals surface area contributed by atoms with Gasteiger partial charge in [-0.25, -0.2) is 0 Å². The van der Waals surface area contributed by atoms with E-state index >= 15 is 0 Å². The first kappa shape index (κ1) is 19.5. The normalized spacial score (nSPS) is 9.81. The van der Waals surface area contributed by atoms with E-state index in [1.807, 2.05) is 12.1 Å². The van der Waals surface area contributed by atoms with Crippen molar-refractivity contribution in [1.82, 2.24) is 5.32 Å². The number of rotatable bonds is 10. The number of halogens is 1. The van der Waals surface area contributed by atoms with E-state index in [0.29, 0.717) is 11.5 Å². The minimum absolute atomic E-state index is 0. The Morgan fingerprint density at radius 1 is 1.29 bits per heavy atom. The average Bonchev–Trinajstić information content (AvgIpc) is 2.45. The molecule has 6 nitrogen and oxygen atoms in total. The summed E-state index contributed by atoms with van der Waals surface area (Å²) in [5, 5.41) is 3.31. The van der Waals surface area contributed by atoms with Gasteiger partial charge >= 0.3 is 0 Å². The minimum Gasteiger partial charge on any atom is -1.00 e. The third-order valence-electron chi connectivity index (χ3n) is 2.63. The summed E-state index contributed by atoms with van der Waals surface area (Å²) in [5.74, 6) is 0.577. The Bertz CT molecular complexity index is 429. The molecule has 0 atom stereocenters. The summed E-state index contributed by atoms with van der Waals surface area (Å²) < 4.78 is 15.5. The first-order chi connectivity index (χ1) is 9.67. The molecule has 1 aromatic rings. The number of nitrogens with two attached hydrogens (primary N) is 1. The van der Waals surface area contributed by atoms with Crippen LogP contribution in [0, 0.1) is 0 Å². The predicted molar refractivity (Wildman–Crippen MR) is 75.9 cm³/mol. The summed E-state index contributed by atoms with van der Waals surface area (Å²) in [4.78, 5) is 10.7. The quantitative estimate of drug-likeness (QED) is 0.474. The highest BCUT2D eigenvalue weighted by Crippen LogP contribution is 2.27. The molecule has 0 aliphatic carbocycles. The zero-order chi connectivity index (χ0) is 14.8. The van der Waals surface area contributed by atoms with Crippen molar-refractivity contribution in [1.29, 1.82) is 0 Å². The predicted octanol–water partition coefficient (Wildman–Crippen LogP) is -2.31. The van der Waals surface area contributed by atoms with Crippen molar-refractivity contribution in [3.63, 3.8) is 0 Å². The zero-order valence-electron chi connectivity index (χ0n) is 12.4. The minimum atomic E-state index is -0.518. The fourth-order valence-electron chi connectivity index (χ4n) is 1.66. The van der Waals surface area contributed by atoms with Crippen LogP contribution in [-0.2, 0) is 16.1 Å². The highest BCUT2D eigenvalue weighted by molar-refractivity contribution is 5.75. The average molecular weight is 318 g/mol. The summed E-state index contributed by atoms with van der Waals surface area (Å²) in [5.41, 5.74) is 6.12. The standard InChI is InChI=1S/C14H22N2O4.ClH/c1-18-7-3-6-16-9-11-4-5-12(13(8-11)19-2)20-10-14(15)17;/h4-5,8,16H,3,6-7,9-10H2,1-2H3,(H2,15,17);1H/p-1. The van der Waals surface area contributed by atoms with Crippen molar-refractivity contribution < 1.29 is 31.4 Å². The summed E-state index contributed by atoms with van der Waals surface area (Å²) in [6.07, 6.45) is 0.966. The van der Waals surface area contributed by atoms with Gasteiger partial charge in [0, 0.05) is 20.3 Å². The van der Waals surface area contributed by atoms with Crippen molar-refractivity contribution in [3.8, 4) is 11.5 Å². The summed E-state index contributed by atoms with van der Waals surface area (Å²) in [6.45, 7) is 2.20. The maximum Gasteiger partial charge on any atom is 0.255 e. The molecule has 0 unspecified atom stereocenters. The van der Waals surface area contributed by atoms with Crippen LogP contribution in [0.3, 0.4) is 0 Å². The third kappa shape index (κ3) is 7.75. The molecule has 21 heavy (non-hydrogen) atoms. The molecule has 0 bridgehead atoms. The lowest BCUT2D eigenvalue weighted by atomic mass is 10.2. The Hall–Kier alpha value is -1.50. The number of hydrogen-bond acceptors (Lipinski definition) is 5. The first-order valence-corrected chi connectivity index (χ1v) is 6.45. The van der Waals surface area contributed by atoms with Crippen molar-refractivity contribution in [2.75, 3.05) is 34.0 Å². The molecule has 3 N–H and O–H groups in total. The Morgan fingerprint density at radius 3 is 2.67 bits per heavy atom. The number of primary amides is 1. The number of benzene rings is 1. The van der Waals surface area contributed by atoms with E-state index in [4.69, 9.17) is 19.9 Å². The maximum absolute atomic E-state index is 10.7. The van der Waals surface area contributed by atoms with E-state index in [1.165, 1.54) is 0 Å². The largest absolute Gasteiger partial charge is 1.00 e. The lowest BCUT2D eigenvalue weighted by Gasteiger charge is -2.11. The van der Waals surface area contributed by atoms with E-state index in [0.717, 1.165) is 31.7 Å². The van der Waals surface area contributed by atoms with Crippen molar-refractivity contribution in [2.45, 2.75) is 13.0 Å². The van der Waals surface area contributed by atoms with Gasteiger partial charge in [0.15, 0.2) is 18.1 Å². The summed E-state index contributed by atoms with van der Waals surface area (Å²) in [6, 6.07) is 5.57. The van der Waals surface area contributed by atoms with Crippen LogP contribution in [0.5, 0.6) is 11.5 Å². The highest BCUT2D eigenvalue weighted by atomic mass is 35.5. The second-order valence-electron chi connectivity index (χ2n) is 4.26. The Morgan fingerprint density at radius 2 is 2.05 bits per heavy atom. The second-order valence-corrected chi connectivity index (χ2v) is 4.26. The molecule has 1 amide bonds. The molecule has 1 rings (SSSR count). The molecule has 0 heterocycles. The number of methoxy groups -OCH3 is 2. The van der Waals surface area contributed by atoms with Crippen LogP contribution in [0.15, 0.2) is 18.2 Å². The summed E-state index contributed by atoms with van der Waals surface area (Å²) in [7, 11) is 3.25. The van der Waals surface area contributed by atoms with Crippen LogP contribution in [0.4, 0.5) is 0 Å². The fourth-order valence-corrected chi connectivity index (χ4v) is 1.66. The maximum atomic E-state index is 10.7. The number of carbonyl (C=O) groups excluding carboxylic acids is 1. The Kier molecular flexibility index (Phi) is 10.4. The van der Waals surface area contributed by atoms with E-state index in [9.17, 15) is 4.79 Å². The number of ether oxygens (including phenoxy) is 3. The van der Waals surface area contributed by atoms with Gasteiger partial charge in [-0.1, -0.05) is 6.07 Å². The molecule has 0 radical (unpaired) electrons. The molecule has 0 aromatic heterocycles. The van der Waals surface area contributed by atoms with Crippen molar-refractivity contribution in [2.24, 2.45) is 5.73 Å². The van der Waals surface area contributed by atoms with Gasteiger partial charge in [0.05, 0.1) is 7.11 Å². The lowest BCUT2D eigenvalue weighted by molar-refractivity contribution is -0.119. The zero-order valence-corrected chi connectivity index (χ0v) is 13.1. The van der Waals surface area contributed by atoms with Crippen LogP contribution in [0.25, 0.3) is 0 Å². The van der Waals surface area contributed by atoms with Crippen LogP contribution >= 0.6 is 0 Å². The number of carbonyl (C=O) groups is 1. The molecule has 0 aliphatic rings. The van der Waals surface area contributed by atoms with Gasteiger partial charge in [-0.05, 0) is 30.7 Å². The molecule has 120 valence electrons. The van der Waals surface area contributed by atoms with Gasteiger partial charge in [0.25, 0.3) is 5.91 Å². The first-order valence-electron chi connectivity index (χ1n) is 6.45. The topological polar surface area (TPSA) is 82.8 Å². The molecule has 0 fully saturated rings. The van der Waals surface area contributed by atoms with Gasteiger partial charge in [-0.15, -0.1) is 0 Å². The Labute approximate surface area is 131 Å². The van der Waals surface area contributed by atoms with E-state index in [2.05, 4.69) is 5.32 Å². The van der Waals surface area contributed by atoms with E-state index in [-0.39, 0.29) is 19.0 Å². The molecule has 7 heteroatoms. The van der Waals surface area contributed by atoms with Crippen LogP contribution in [0.1, 0.15) is 12.0 Å². The van der Waals surface area contributed by atoms with Gasteiger partial charge in [-0.2, -0.15) is 0 Å². The molecular weight excluding hydrogens is 296 g/mol. The van der Waals surface area contributed by atoms with Gasteiger partial charge in [-0.3, -0.25) is 4.79 Å². The van der Waals surface area contributed by atoms with E-state index < -0.39 is 5.91 Å². The van der Waals surface area contributed by atoms with Gasteiger partial charge < -0.3 is 37.7 Å². The molecular formula is C14H22ClN2O4-. The number of nitrogens with one attached hydrogen (secondary N) is 1. The molecule has 0 saturated carbocycles. The SMILES string of the molecule is COCCCNCc1ccc(OCC(N)=O)c(OC)c1.[Cl-]. The second kappa shape index (κ2) is 11.2. The van der Waals surface area contributed by atoms with Gasteiger partial charge in [0.1, 0.15) is 0 Å². The van der Waals surface area contributed by atoms with Crippen LogP contribution < -0.4 is 32.9 Å². The van der Waals surface area contributed by atoms with Crippen molar-refractivity contribution in [3.05, 3.63) is 23.8 Å². The smallest absolute Gasteiger partial charge is 0.255 e. The van der Waals surface area contributed by atoms with Crippen LogP contribution in [0.2, 0.25) is 0 Å². The molecule has 0 saturated heterocycles. The van der Waals surface area contributed by atoms with Gasteiger partial charge in [0.2, 0.25) is 0 Å². The van der Waals surface area contributed by atoms with E-state index in [1.54, 1.807) is 20.3 Å². The number of hydrogen-bond donors (Lipinski definition) is 2. The number of amides is 1. The molecule has 0 aliphatic heterocycles.